The summed E-state index contributed by atoms with van der Waals surface area (Å²) in [7, 11) is 0. The van der Waals surface area contributed by atoms with Crippen LogP contribution in [0, 0.1) is 12.8 Å². The maximum Gasteiger partial charge on any atom is 0.223 e. The van der Waals surface area contributed by atoms with E-state index in [1.807, 2.05) is 49.5 Å². The lowest BCUT2D eigenvalue weighted by Crippen LogP contribution is -2.27. The van der Waals surface area contributed by atoms with Gasteiger partial charge in [0.05, 0.1) is 6.61 Å². The molecule has 23 heavy (non-hydrogen) atoms. The Morgan fingerprint density at radius 3 is 2.96 bits per heavy atom. The summed E-state index contributed by atoms with van der Waals surface area (Å²) >= 11 is 0. The molecule has 1 aromatic heterocycles. The maximum atomic E-state index is 12.1. The van der Waals surface area contributed by atoms with Crippen molar-refractivity contribution in [3.8, 4) is 5.75 Å². The first-order valence-electron chi connectivity index (χ1n) is 8.12. The zero-order valence-corrected chi connectivity index (χ0v) is 13.4. The van der Waals surface area contributed by atoms with E-state index < -0.39 is 0 Å². The van der Waals surface area contributed by atoms with Crippen LogP contribution in [0.15, 0.2) is 48.8 Å². The molecular weight excluding hydrogens is 288 g/mol. The van der Waals surface area contributed by atoms with Gasteiger partial charge < -0.3 is 10.1 Å². The van der Waals surface area contributed by atoms with Gasteiger partial charge in [-0.15, -0.1) is 0 Å². The number of rotatable bonds is 7. The van der Waals surface area contributed by atoms with Crippen molar-refractivity contribution in [3.63, 3.8) is 0 Å². The molecule has 120 valence electrons. The minimum absolute atomic E-state index is 0.108. The van der Waals surface area contributed by atoms with Crippen molar-refractivity contribution in [2.75, 3.05) is 13.2 Å². The zero-order chi connectivity index (χ0) is 16.1. The van der Waals surface area contributed by atoms with E-state index >= 15 is 0 Å². The van der Waals surface area contributed by atoms with Gasteiger partial charge in [-0.05, 0) is 48.9 Å². The third-order valence-corrected chi connectivity index (χ3v) is 4.21. The van der Waals surface area contributed by atoms with Crippen molar-refractivity contribution in [2.45, 2.75) is 25.7 Å². The minimum atomic E-state index is 0.108. The van der Waals surface area contributed by atoms with Crippen LogP contribution in [-0.2, 0) is 4.79 Å². The van der Waals surface area contributed by atoms with Crippen molar-refractivity contribution < 1.29 is 9.53 Å². The van der Waals surface area contributed by atoms with Crippen LogP contribution in [0.2, 0.25) is 0 Å². The molecule has 0 aliphatic heterocycles. The summed E-state index contributed by atoms with van der Waals surface area (Å²) in [6.45, 7) is 3.30. The average Bonchev–Trinajstić information content (AvgIpc) is 3.37. The number of hydrogen-bond acceptors (Lipinski definition) is 3. The lowest BCUT2D eigenvalue weighted by atomic mass is 10.1. The summed E-state index contributed by atoms with van der Waals surface area (Å²) in [6, 6.07) is 11.9. The number of nitrogens with zero attached hydrogens (tertiary/aromatic N) is 1. The fourth-order valence-corrected chi connectivity index (χ4v) is 2.76. The lowest BCUT2D eigenvalue weighted by molar-refractivity contribution is -0.122. The average molecular weight is 310 g/mol. The zero-order valence-electron chi connectivity index (χ0n) is 13.4. The SMILES string of the molecule is Cc1ccccc1OCCCNC(=O)C1CC1c1cccnc1. The van der Waals surface area contributed by atoms with Gasteiger partial charge in [0.15, 0.2) is 0 Å². The molecule has 3 rings (SSSR count). The van der Waals surface area contributed by atoms with Crippen LogP contribution in [-0.4, -0.2) is 24.0 Å². The van der Waals surface area contributed by atoms with Crippen LogP contribution >= 0.6 is 0 Å². The molecule has 0 bridgehead atoms. The molecule has 1 aliphatic rings. The number of hydrogen-bond donors (Lipinski definition) is 1. The number of nitrogens with one attached hydrogen (secondary N) is 1. The highest BCUT2D eigenvalue weighted by Crippen LogP contribution is 2.47. The van der Waals surface area contributed by atoms with Gasteiger partial charge in [-0.2, -0.15) is 0 Å². The Bertz CT molecular complexity index is 657. The smallest absolute Gasteiger partial charge is 0.223 e. The van der Waals surface area contributed by atoms with E-state index in [-0.39, 0.29) is 11.8 Å². The number of aryl methyl sites for hydroxylation is 1. The summed E-state index contributed by atoms with van der Waals surface area (Å²) in [5.41, 5.74) is 2.30. The standard InChI is InChI=1S/C19H22N2O2/c1-14-6-2-3-8-18(14)23-11-5-10-21-19(22)17-12-16(17)15-7-4-9-20-13-15/h2-4,6-9,13,16-17H,5,10-12H2,1H3,(H,21,22). The van der Waals surface area contributed by atoms with E-state index in [0.29, 0.717) is 19.1 Å². The Hall–Kier alpha value is -2.36. The molecule has 1 heterocycles. The Balaban J connectivity index is 1.34. The molecule has 4 heteroatoms. The highest BCUT2D eigenvalue weighted by molar-refractivity contribution is 5.82. The number of para-hydroxylation sites is 1. The molecule has 1 aliphatic carbocycles. The van der Waals surface area contributed by atoms with Crippen molar-refractivity contribution in [1.82, 2.24) is 10.3 Å². The van der Waals surface area contributed by atoms with Crippen LogP contribution in [0.5, 0.6) is 5.75 Å². The van der Waals surface area contributed by atoms with Crippen LogP contribution < -0.4 is 10.1 Å². The summed E-state index contributed by atoms with van der Waals surface area (Å²) in [5.74, 6) is 1.51. The second-order valence-electron chi connectivity index (χ2n) is 5.99. The Morgan fingerprint density at radius 2 is 2.17 bits per heavy atom. The van der Waals surface area contributed by atoms with Crippen molar-refractivity contribution in [3.05, 3.63) is 59.9 Å². The van der Waals surface area contributed by atoms with Crippen LogP contribution in [0.25, 0.3) is 0 Å². The van der Waals surface area contributed by atoms with Gasteiger partial charge in [0.25, 0.3) is 0 Å². The van der Waals surface area contributed by atoms with E-state index in [4.69, 9.17) is 4.74 Å². The lowest BCUT2D eigenvalue weighted by Gasteiger charge is -2.09. The highest BCUT2D eigenvalue weighted by atomic mass is 16.5. The Morgan fingerprint density at radius 1 is 1.30 bits per heavy atom. The summed E-state index contributed by atoms with van der Waals surface area (Å²) in [5, 5.41) is 3.01. The van der Waals surface area contributed by atoms with E-state index in [1.54, 1.807) is 6.20 Å². The number of carbonyl (C=O) groups is 1. The summed E-state index contributed by atoms with van der Waals surface area (Å²) < 4.78 is 5.73. The maximum absolute atomic E-state index is 12.1. The second kappa shape index (κ2) is 7.27. The van der Waals surface area contributed by atoms with Crippen molar-refractivity contribution in [1.29, 1.82) is 0 Å². The highest BCUT2D eigenvalue weighted by Gasteiger charge is 2.43. The largest absolute Gasteiger partial charge is 0.493 e. The fraction of sp³-hybridized carbons (Fsp3) is 0.368. The molecule has 1 saturated carbocycles. The molecule has 1 amide bonds. The predicted octanol–water partition coefficient (Wildman–Crippen LogP) is 3.08. The topological polar surface area (TPSA) is 51.2 Å². The molecule has 2 aromatic rings. The van der Waals surface area contributed by atoms with Gasteiger partial charge in [-0.1, -0.05) is 24.3 Å². The molecule has 0 radical (unpaired) electrons. The summed E-state index contributed by atoms with van der Waals surface area (Å²) in [4.78, 5) is 16.2. The van der Waals surface area contributed by atoms with Crippen LogP contribution in [0.4, 0.5) is 0 Å². The van der Waals surface area contributed by atoms with E-state index in [0.717, 1.165) is 29.7 Å². The number of benzene rings is 1. The van der Waals surface area contributed by atoms with Gasteiger partial charge >= 0.3 is 0 Å². The molecule has 4 nitrogen and oxygen atoms in total. The number of amides is 1. The molecular formula is C19H22N2O2. The molecule has 1 fully saturated rings. The summed E-state index contributed by atoms with van der Waals surface area (Å²) in [6.07, 6.45) is 5.35. The normalized spacial score (nSPS) is 19.2. The number of pyridine rings is 1. The van der Waals surface area contributed by atoms with Gasteiger partial charge in [0.2, 0.25) is 5.91 Å². The van der Waals surface area contributed by atoms with Crippen LogP contribution in [0.1, 0.15) is 29.9 Å². The van der Waals surface area contributed by atoms with E-state index in [9.17, 15) is 4.79 Å². The van der Waals surface area contributed by atoms with Gasteiger partial charge in [-0.3, -0.25) is 9.78 Å². The van der Waals surface area contributed by atoms with Gasteiger partial charge in [0.1, 0.15) is 5.75 Å². The first kappa shape index (κ1) is 15.5. The second-order valence-corrected chi connectivity index (χ2v) is 5.99. The number of carbonyl (C=O) groups excluding carboxylic acids is 1. The molecule has 2 unspecified atom stereocenters. The van der Waals surface area contributed by atoms with Gasteiger partial charge in [0, 0.05) is 24.9 Å². The number of aromatic nitrogens is 1. The number of ether oxygens (including phenoxy) is 1. The van der Waals surface area contributed by atoms with Crippen LogP contribution in [0.3, 0.4) is 0 Å². The van der Waals surface area contributed by atoms with Gasteiger partial charge in [-0.25, -0.2) is 0 Å². The minimum Gasteiger partial charge on any atom is -0.493 e. The van der Waals surface area contributed by atoms with E-state index in [2.05, 4.69) is 10.3 Å². The molecule has 1 aromatic carbocycles. The Labute approximate surface area is 136 Å². The van der Waals surface area contributed by atoms with Crippen molar-refractivity contribution >= 4 is 5.91 Å². The molecule has 2 atom stereocenters. The third-order valence-electron chi connectivity index (χ3n) is 4.21. The molecule has 1 N–H and O–H groups in total. The quantitative estimate of drug-likeness (QED) is 0.800. The molecule has 0 saturated heterocycles. The van der Waals surface area contributed by atoms with Crippen molar-refractivity contribution in [2.24, 2.45) is 5.92 Å². The predicted molar refractivity (Wildman–Crippen MR) is 89.4 cm³/mol. The fourth-order valence-electron chi connectivity index (χ4n) is 2.76. The first-order chi connectivity index (χ1) is 11.3. The first-order valence-corrected chi connectivity index (χ1v) is 8.12. The van der Waals surface area contributed by atoms with E-state index in [1.165, 1.54) is 0 Å². The third kappa shape index (κ3) is 4.09. The molecule has 0 spiro atoms. The monoisotopic (exact) mass is 310 g/mol. The Kier molecular flexibility index (Phi) is 4.91.